The second-order valence-electron chi connectivity index (χ2n) is 6.44. The van der Waals surface area contributed by atoms with Crippen molar-refractivity contribution in [1.29, 1.82) is 0 Å². The van der Waals surface area contributed by atoms with E-state index in [1.807, 2.05) is 0 Å². The zero-order chi connectivity index (χ0) is 21.3. The van der Waals surface area contributed by atoms with E-state index in [0.717, 1.165) is 0 Å². The number of aliphatic hydroxyl groups is 7. The molecule has 7 N–H and O–H groups in total. The summed E-state index contributed by atoms with van der Waals surface area (Å²) < 4.78 is 21.5. The summed E-state index contributed by atoms with van der Waals surface area (Å²) in [6, 6.07) is 0. The van der Waals surface area contributed by atoms with Crippen molar-refractivity contribution in [2.24, 2.45) is 0 Å². The number of ether oxygens (including phenoxy) is 4. The zero-order valence-corrected chi connectivity index (χ0v) is 16.3. The highest BCUT2D eigenvalue weighted by Gasteiger charge is 2.47. The molecule has 7 unspecified atom stereocenters. The Kier molecular flexibility index (Phi) is 12.2. The Hall–Kier alpha value is -0.150. The van der Waals surface area contributed by atoms with Crippen molar-refractivity contribution >= 4 is 11.6 Å². The summed E-state index contributed by atoms with van der Waals surface area (Å²) in [6.45, 7) is -0.523. The molecule has 0 amide bonds. The normalized spacial score (nSPS) is 32.7. The fourth-order valence-electron chi connectivity index (χ4n) is 2.55. The lowest BCUT2D eigenvalue weighted by Crippen LogP contribution is -2.61. The molecule has 28 heavy (non-hydrogen) atoms. The van der Waals surface area contributed by atoms with Gasteiger partial charge in [0, 0.05) is 5.88 Å². The van der Waals surface area contributed by atoms with E-state index in [4.69, 9.17) is 30.5 Å². The third kappa shape index (κ3) is 7.27. The molecule has 168 valence electrons. The van der Waals surface area contributed by atoms with Crippen LogP contribution in [-0.2, 0) is 18.9 Å². The van der Waals surface area contributed by atoms with E-state index < -0.39 is 75.1 Å². The number of rotatable bonds is 13. The number of aliphatic hydroxyl groups excluding tert-OH is 7. The molecule has 0 bridgehead atoms. The predicted molar refractivity (Wildman–Crippen MR) is 94.4 cm³/mol. The van der Waals surface area contributed by atoms with E-state index in [9.17, 15) is 35.7 Å². The zero-order valence-electron chi connectivity index (χ0n) is 15.6. The summed E-state index contributed by atoms with van der Waals surface area (Å²) in [5.74, 6) is 0.327. The quantitative estimate of drug-likeness (QED) is 0.0886. The molecule has 0 aromatic rings. The van der Waals surface area contributed by atoms with Crippen molar-refractivity contribution in [2.75, 3.05) is 32.3 Å². The summed E-state index contributed by atoms with van der Waals surface area (Å²) in [6.07, 6.45) is -11.9. The molecule has 1 aliphatic heterocycles. The second kappa shape index (κ2) is 13.2. The average molecular weight is 435 g/mol. The van der Waals surface area contributed by atoms with E-state index >= 15 is 0 Å². The minimum atomic E-state index is -1.60. The van der Waals surface area contributed by atoms with Crippen molar-refractivity contribution in [3.63, 3.8) is 0 Å². The first kappa shape index (κ1) is 25.9. The van der Waals surface area contributed by atoms with E-state index in [2.05, 4.69) is 0 Å². The van der Waals surface area contributed by atoms with Crippen LogP contribution in [-0.4, -0.2) is 123 Å². The maximum atomic E-state index is 10.4. The fraction of sp³-hybridized carbons (Fsp3) is 1.00. The van der Waals surface area contributed by atoms with E-state index in [1.165, 1.54) is 6.92 Å². The lowest BCUT2D eigenvalue weighted by molar-refractivity contribution is -0.341. The second-order valence-corrected chi connectivity index (χ2v) is 6.81. The minimum Gasteiger partial charge on any atom is -0.394 e. The van der Waals surface area contributed by atoms with E-state index in [0.29, 0.717) is 12.3 Å². The van der Waals surface area contributed by atoms with E-state index in [1.54, 1.807) is 0 Å². The third-order valence-corrected chi connectivity index (χ3v) is 4.47. The average Bonchev–Trinajstić information content (AvgIpc) is 2.68. The van der Waals surface area contributed by atoms with Crippen molar-refractivity contribution in [3.05, 3.63) is 0 Å². The van der Waals surface area contributed by atoms with Gasteiger partial charge in [-0.1, -0.05) is 0 Å². The maximum absolute atomic E-state index is 10.4. The van der Waals surface area contributed by atoms with Crippen LogP contribution in [0.15, 0.2) is 0 Å². The van der Waals surface area contributed by atoms with Crippen molar-refractivity contribution < 1.29 is 54.7 Å². The molecule has 0 saturated carbocycles. The minimum absolute atomic E-state index is 0.156. The van der Waals surface area contributed by atoms with Gasteiger partial charge in [0.25, 0.3) is 0 Å². The Morgan fingerprint density at radius 2 is 1.75 bits per heavy atom. The number of hydrogen-bond donors (Lipinski definition) is 7. The molecular weight excluding hydrogens is 404 g/mol. The Bertz CT molecular complexity index is 414. The first-order valence-electron chi connectivity index (χ1n) is 8.99. The molecule has 0 aliphatic carbocycles. The molecule has 0 aromatic heterocycles. The molecular formula is C16H31ClO11. The Morgan fingerprint density at radius 1 is 1.07 bits per heavy atom. The molecule has 0 aromatic carbocycles. The molecule has 1 saturated heterocycles. The molecule has 1 aliphatic rings. The van der Waals surface area contributed by atoms with Crippen LogP contribution in [0.4, 0.5) is 0 Å². The fourth-order valence-corrected chi connectivity index (χ4v) is 2.66. The lowest BCUT2D eigenvalue weighted by Gasteiger charge is -2.43. The van der Waals surface area contributed by atoms with Crippen LogP contribution >= 0.6 is 11.6 Å². The molecule has 0 radical (unpaired) electrons. The highest BCUT2D eigenvalue weighted by atomic mass is 35.5. The SMILES string of the molecule is C[C@@H](O)C(CO)OC(OC1C(CO)OC(OCCCCl)C(O)C1O)[C@@H](O)CO. The van der Waals surface area contributed by atoms with Gasteiger partial charge in [0.15, 0.2) is 12.6 Å². The topological polar surface area (TPSA) is 179 Å². The van der Waals surface area contributed by atoms with Gasteiger partial charge < -0.3 is 54.7 Å². The summed E-state index contributed by atoms with van der Waals surface area (Å²) in [5.41, 5.74) is 0. The Labute approximate surface area is 168 Å². The van der Waals surface area contributed by atoms with E-state index in [-0.39, 0.29) is 6.61 Å². The highest BCUT2D eigenvalue weighted by Crippen LogP contribution is 2.26. The van der Waals surface area contributed by atoms with Crippen LogP contribution in [0.5, 0.6) is 0 Å². The van der Waals surface area contributed by atoms with Gasteiger partial charge in [-0.05, 0) is 13.3 Å². The number of halogens is 1. The molecule has 1 rings (SSSR count). The van der Waals surface area contributed by atoms with Gasteiger partial charge in [-0.15, -0.1) is 11.6 Å². The van der Waals surface area contributed by atoms with Crippen LogP contribution in [0, 0.1) is 0 Å². The Balaban J connectivity index is 2.88. The van der Waals surface area contributed by atoms with Gasteiger partial charge in [-0.3, -0.25) is 0 Å². The number of alkyl halides is 1. The van der Waals surface area contributed by atoms with Crippen molar-refractivity contribution in [1.82, 2.24) is 0 Å². The summed E-state index contributed by atoms with van der Waals surface area (Å²) in [7, 11) is 0. The van der Waals surface area contributed by atoms with Crippen molar-refractivity contribution in [2.45, 2.75) is 68.7 Å². The monoisotopic (exact) mass is 434 g/mol. The van der Waals surface area contributed by atoms with Crippen LogP contribution in [0.3, 0.4) is 0 Å². The molecule has 11 nitrogen and oxygen atoms in total. The van der Waals surface area contributed by atoms with Crippen LogP contribution < -0.4 is 0 Å². The van der Waals surface area contributed by atoms with Crippen LogP contribution in [0.1, 0.15) is 13.3 Å². The largest absolute Gasteiger partial charge is 0.394 e. The molecule has 1 heterocycles. The molecule has 1 fully saturated rings. The molecule has 12 heteroatoms. The summed E-state index contributed by atoms with van der Waals surface area (Å²) >= 11 is 5.55. The van der Waals surface area contributed by atoms with Gasteiger partial charge in [-0.25, -0.2) is 0 Å². The smallest absolute Gasteiger partial charge is 0.186 e. The van der Waals surface area contributed by atoms with Crippen LogP contribution in [0.2, 0.25) is 0 Å². The Morgan fingerprint density at radius 3 is 2.25 bits per heavy atom. The first-order valence-corrected chi connectivity index (χ1v) is 9.52. The van der Waals surface area contributed by atoms with Crippen LogP contribution in [0.25, 0.3) is 0 Å². The van der Waals surface area contributed by atoms with Gasteiger partial charge in [0.1, 0.15) is 36.6 Å². The molecule has 9 atom stereocenters. The van der Waals surface area contributed by atoms with Gasteiger partial charge in [0.05, 0.1) is 32.5 Å². The third-order valence-electron chi connectivity index (χ3n) is 4.20. The van der Waals surface area contributed by atoms with Gasteiger partial charge in [0.2, 0.25) is 0 Å². The van der Waals surface area contributed by atoms with Gasteiger partial charge in [-0.2, -0.15) is 0 Å². The highest BCUT2D eigenvalue weighted by molar-refractivity contribution is 6.17. The standard InChI is InChI=1S/C16H31ClO11/c1-8(21)10(6-19)26-15(9(22)5-18)28-14-11(7-20)27-16(13(24)12(14)23)25-4-2-3-17/h8-16,18-24H,2-7H2,1H3/t8-,9+,10?,11?,12?,13?,14?,15?,16?/m1/s1. The maximum Gasteiger partial charge on any atom is 0.186 e. The van der Waals surface area contributed by atoms with Crippen molar-refractivity contribution in [3.8, 4) is 0 Å². The molecule has 0 spiro atoms. The lowest BCUT2D eigenvalue weighted by atomic mass is 9.99. The summed E-state index contributed by atoms with van der Waals surface area (Å²) in [5, 5.41) is 68.2. The summed E-state index contributed by atoms with van der Waals surface area (Å²) in [4.78, 5) is 0. The predicted octanol–water partition coefficient (Wildman–Crippen LogP) is -3.11. The van der Waals surface area contributed by atoms with Gasteiger partial charge >= 0.3 is 0 Å². The first-order chi connectivity index (χ1) is 13.3. The number of hydrogen-bond acceptors (Lipinski definition) is 11.